The average Bonchev–Trinajstić information content (AvgIpc) is 2.92. The van der Waals surface area contributed by atoms with Crippen LogP contribution in [0.3, 0.4) is 0 Å². The molecule has 0 aliphatic carbocycles. The summed E-state index contributed by atoms with van der Waals surface area (Å²) in [5.74, 6) is 0.422. The molecule has 0 aliphatic rings. The number of halogens is 1. The molecule has 10 heteroatoms. The minimum Gasteiger partial charge on any atom is -0.347 e. The maximum atomic E-state index is 12.1. The van der Waals surface area contributed by atoms with Crippen LogP contribution in [0.2, 0.25) is 5.02 Å². The molecule has 0 bridgehead atoms. The Bertz CT molecular complexity index is 774. The molecule has 1 aromatic heterocycles. The van der Waals surface area contributed by atoms with Gasteiger partial charge in [-0.1, -0.05) is 11.6 Å². The number of nitro benzene ring substituents is 1. The van der Waals surface area contributed by atoms with Gasteiger partial charge in [0.05, 0.1) is 21.4 Å². The van der Waals surface area contributed by atoms with Crippen LogP contribution in [0.4, 0.5) is 5.69 Å². The number of hydrogen-bond donors (Lipinski definition) is 2. The van der Waals surface area contributed by atoms with E-state index in [2.05, 4.69) is 14.7 Å². The maximum Gasteiger partial charge on any atom is 0.275 e. The number of aromatic nitrogens is 2. The summed E-state index contributed by atoms with van der Waals surface area (Å²) in [6, 6.07) is 2.15. The lowest BCUT2D eigenvalue weighted by atomic mass is 10.2. The van der Waals surface area contributed by atoms with E-state index in [1.165, 1.54) is 19.2 Å². The first kappa shape index (κ1) is 15.4. The summed E-state index contributed by atoms with van der Waals surface area (Å²) >= 11 is 5.85. The molecule has 0 saturated carbocycles. The van der Waals surface area contributed by atoms with Crippen LogP contribution in [0.25, 0.3) is 0 Å². The van der Waals surface area contributed by atoms with E-state index in [1.807, 2.05) is 0 Å². The second-order valence-electron chi connectivity index (χ2n) is 4.17. The van der Waals surface area contributed by atoms with Crippen LogP contribution in [0.1, 0.15) is 11.4 Å². The quantitative estimate of drug-likeness (QED) is 0.639. The van der Waals surface area contributed by atoms with Gasteiger partial charge in [0, 0.05) is 24.0 Å². The summed E-state index contributed by atoms with van der Waals surface area (Å²) in [4.78, 5) is 16.6. The van der Waals surface area contributed by atoms with E-state index in [9.17, 15) is 18.5 Å². The van der Waals surface area contributed by atoms with E-state index in [4.69, 9.17) is 11.6 Å². The highest BCUT2D eigenvalue weighted by Crippen LogP contribution is 2.29. The van der Waals surface area contributed by atoms with Crippen molar-refractivity contribution in [3.8, 4) is 0 Å². The van der Waals surface area contributed by atoms with Gasteiger partial charge in [0.25, 0.3) is 5.69 Å². The van der Waals surface area contributed by atoms with E-state index >= 15 is 0 Å². The molecular formula is C11H11ClN4O4S. The number of imidazole rings is 1. The van der Waals surface area contributed by atoms with Gasteiger partial charge in [-0.25, -0.2) is 18.1 Å². The molecule has 2 rings (SSSR count). The van der Waals surface area contributed by atoms with Crippen LogP contribution in [0.5, 0.6) is 0 Å². The van der Waals surface area contributed by atoms with Crippen molar-refractivity contribution in [2.45, 2.75) is 18.4 Å². The lowest BCUT2D eigenvalue weighted by molar-refractivity contribution is -0.385. The molecule has 0 atom stereocenters. The van der Waals surface area contributed by atoms with Gasteiger partial charge in [-0.2, -0.15) is 0 Å². The van der Waals surface area contributed by atoms with Crippen molar-refractivity contribution in [3.63, 3.8) is 0 Å². The highest BCUT2D eigenvalue weighted by molar-refractivity contribution is 7.89. The monoisotopic (exact) mass is 330 g/mol. The Morgan fingerprint density at radius 2 is 2.19 bits per heavy atom. The van der Waals surface area contributed by atoms with Gasteiger partial charge in [0.1, 0.15) is 5.82 Å². The third kappa shape index (κ3) is 3.38. The lowest BCUT2D eigenvalue weighted by Gasteiger charge is -2.07. The number of nitro groups is 1. The Morgan fingerprint density at radius 1 is 1.48 bits per heavy atom. The molecule has 0 fully saturated rings. The largest absolute Gasteiger partial charge is 0.347 e. The number of benzene rings is 1. The molecule has 0 amide bonds. The minimum atomic E-state index is -3.93. The van der Waals surface area contributed by atoms with Gasteiger partial charge in [-0.15, -0.1) is 0 Å². The Balaban J connectivity index is 2.33. The van der Waals surface area contributed by atoms with Gasteiger partial charge < -0.3 is 4.98 Å². The summed E-state index contributed by atoms with van der Waals surface area (Å²) in [7, 11) is -3.93. The molecule has 2 aromatic rings. The predicted molar refractivity (Wildman–Crippen MR) is 75.5 cm³/mol. The van der Waals surface area contributed by atoms with E-state index in [1.54, 1.807) is 6.20 Å². The summed E-state index contributed by atoms with van der Waals surface area (Å²) in [5, 5.41) is 10.9. The third-order valence-corrected chi connectivity index (χ3v) is 4.56. The average molecular weight is 331 g/mol. The summed E-state index contributed by atoms with van der Waals surface area (Å²) in [5.41, 5.74) is -0.132. The Morgan fingerprint density at radius 3 is 2.76 bits per heavy atom. The topological polar surface area (TPSA) is 118 Å². The zero-order valence-electron chi connectivity index (χ0n) is 10.8. The zero-order valence-corrected chi connectivity index (χ0v) is 12.4. The summed E-state index contributed by atoms with van der Waals surface area (Å²) in [6.07, 6.45) is 3.04. The minimum absolute atomic E-state index is 0.0163. The van der Waals surface area contributed by atoms with Crippen LogP contribution in [0, 0.1) is 17.0 Å². The number of rotatable bonds is 5. The van der Waals surface area contributed by atoms with Crippen molar-refractivity contribution >= 4 is 27.3 Å². The fraction of sp³-hybridized carbons (Fsp3) is 0.182. The van der Waals surface area contributed by atoms with Gasteiger partial charge in [-0.3, -0.25) is 10.1 Å². The third-order valence-electron chi connectivity index (χ3n) is 2.78. The Labute approximate surface area is 125 Å². The van der Waals surface area contributed by atoms with Crippen molar-refractivity contribution in [3.05, 3.63) is 51.1 Å². The molecule has 0 unspecified atom stereocenters. The highest BCUT2D eigenvalue weighted by atomic mass is 35.5. The SMILES string of the molecule is Cc1c(Cl)cc(S(=O)(=O)NCc2ncc[nH]2)cc1[N+](=O)[O-]. The predicted octanol–water partition coefficient (Wildman–Crippen LogP) is 1.76. The Kier molecular flexibility index (Phi) is 4.26. The van der Waals surface area contributed by atoms with Crippen molar-refractivity contribution in [1.29, 1.82) is 0 Å². The summed E-state index contributed by atoms with van der Waals surface area (Å²) in [6.45, 7) is 1.39. The van der Waals surface area contributed by atoms with Crippen LogP contribution >= 0.6 is 11.6 Å². The smallest absolute Gasteiger partial charge is 0.275 e. The molecule has 1 aromatic carbocycles. The first-order valence-corrected chi connectivity index (χ1v) is 7.60. The van der Waals surface area contributed by atoms with Gasteiger partial charge in [-0.05, 0) is 13.0 Å². The molecule has 112 valence electrons. The highest BCUT2D eigenvalue weighted by Gasteiger charge is 2.22. The van der Waals surface area contributed by atoms with Gasteiger partial charge in [0.15, 0.2) is 0 Å². The zero-order chi connectivity index (χ0) is 15.6. The molecule has 0 saturated heterocycles. The summed E-state index contributed by atoms with van der Waals surface area (Å²) < 4.78 is 26.6. The van der Waals surface area contributed by atoms with Crippen molar-refractivity contribution in [1.82, 2.24) is 14.7 Å². The van der Waals surface area contributed by atoms with Crippen LogP contribution in [0.15, 0.2) is 29.4 Å². The van der Waals surface area contributed by atoms with E-state index in [0.717, 1.165) is 6.07 Å². The molecule has 1 heterocycles. The normalized spacial score (nSPS) is 11.5. The van der Waals surface area contributed by atoms with E-state index in [0.29, 0.717) is 5.82 Å². The standard InChI is InChI=1S/C11H11ClN4O4S/c1-7-9(12)4-8(5-10(7)16(17)18)21(19,20)15-6-11-13-2-3-14-11/h2-5,15H,6H2,1H3,(H,13,14). The van der Waals surface area contributed by atoms with Gasteiger partial charge in [0.2, 0.25) is 10.0 Å². The van der Waals surface area contributed by atoms with Crippen LogP contribution in [-0.2, 0) is 16.6 Å². The first-order chi connectivity index (χ1) is 9.81. The molecule has 8 nitrogen and oxygen atoms in total. The van der Waals surface area contributed by atoms with Gasteiger partial charge >= 0.3 is 0 Å². The second kappa shape index (κ2) is 5.80. The number of nitrogens with zero attached hydrogens (tertiary/aromatic N) is 2. The molecule has 0 radical (unpaired) electrons. The molecule has 0 aliphatic heterocycles. The number of nitrogens with one attached hydrogen (secondary N) is 2. The Hall–Kier alpha value is -1.97. The maximum absolute atomic E-state index is 12.1. The van der Waals surface area contributed by atoms with Crippen molar-refractivity contribution < 1.29 is 13.3 Å². The van der Waals surface area contributed by atoms with E-state index < -0.39 is 14.9 Å². The molecule has 0 spiro atoms. The number of sulfonamides is 1. The fourth-order valence-corrected chi connectivity index (χ4v) is 2.94. The van der Waals surface area contributed by atoms with Crippen molar-refractivity contribution in [2.75, 3.05) is 0 Å². The van der Waals surface area contributed by atoms with Crippen molar-refractivity contribution in [2.24, 2.45) is 0 Å². The van der Waals surface area contributed by atoms with E-state index in [-0.39, 0.29) is 27.7 Å². The fourth-order valence-electron chi connectivity index (χ4n) is 1.63. The lowest BCUT2D eigenvalue weighted by Crippen LogP contribution is -2.24. The number of aromatic amines is 1. The number of H-pyrrole nitrogens is 1. The first-order valence-electron chi connectivity index (χ1n) is 5.73. The molecule has 21 heavy (non-hydrogen) atoms. The second-order valence-corrected chi connectivity index (χ2v) is 6.34. The van der Waals surface area contributed by atoms with Crippen LogP contribution < -0.4 is 4.72 Å². The molecule has 2 N–H and O–H groups in total. The molecular weight excluding hydrogens is 320 g/mol. The number of hydrogen-bond acceptors (Lipinski definition) is 5. The van der Waals surface area contributed by atoms with Crippen LogP contribution in [-0.4, -0.2) is 23.3 Å².